The predicted molar refractivity (Wildman–Crippen MR) is 83.0 cm³/mol. The number of nitrogens with zero attached hydrogens (tertiary/aromatic N) is 2. The van der Waals surface area contributed by atoms with E-state index in [2.05, 4.69) is 10.3 Å². The highest BCUT2D eigenvalue weighted by Crippen LogP contribution is 2.21. The average Bonchev–Trinajstić information content (AvgIpc) is 2.89. The molecule has 0 atom stereocenters. The molecule has 124 valence electrons. The quantitative estimate of drug-likeness (QED) is 0.870. The predicted octanol–water partition coefficient (Wildman–Crippen LogP) is 3.67. The summed E-state index contributed by atoms with van der Waals surface area (Å²) in [4.78, 5) is 17.6. The van der Waals surface area contributed by atoms with E-state index in [1.165, 1.54) is 11.3 Å². The van der Waals surface area contributed by atoms with Gasteiger partial charge in [0.2, 0.25) is 5.91 Å². The first-order chi connectivity index (χ1) is 10.8. The van der Waals surface area contributed by atoms with Gasteiger partial charge >= 0.3 is 6.18 Å². The Morgan fingerprint density at radius 3 is 2.78 bits per heavy atom. The number of halogens is 3. The molecule has 0 saturated heterocycles. The fraction of sp³-hybridized carbons (Fsp3) is 0.333. The Bertz CT molecular complexity index is 644. The van der Waals surface area contributed by atoms with Gasteiger partial charge in [-0.2, -0.15) is 13.2 Å². The fourth-order valence-corrected chi connectivity index (χ4v) is 2.64. The van der Waals surface area contributed by atoms with Crippen molar-refractivity contribution in [1.29, 1.82) is 0 Å². The molecule has 0 radical (unpaired) electrons. The van der Waals surface area contributed by atoms with E-state index in [0.717, 1.165) is 11.3 Å². The molecule has 4 nitrogen and oxygen atoms in total. The van der Waals surface area contributed by atoms with Gasteiger partial charge in [0.05, 0.1) is 11.2 Å². The summed E-state index contributed by atoms with van der Waals surface area (Å²) >= 11 is 1.52. The third-order valence-electron chi connectivity index (χ3n) is 2.94. The molecule has 0 unspecified atom stereocenters. The summed E-state index contributed by atoms with van der Waals surface area (Å²) < 4.78 is 36.5. The van der Waals surface area contributed by atoms with Crippen LogP contribution in [-0.2, 0) is 17.9 Å². The highest BCUT2D eigenvalue weighted by molar-refractivity contribution is 7.07. The Kier molecular flexibility index (Phi) is 5.73. The largest absolute Gasteiger partial charge is 0.397 e. The Hall–Kier alpha value is -1.93. The molecule has 23 heavy (non-hydrogen) atoms. The lowest BCUT2D eigenvalue weighted by molar-refractivity contribution is -0.150. The highest BCUT2D eigenvalue weighted by Gasteiger charge is 2.31. The van der Waals surface area contributed by atoms with Crippen LogP contribution in [0.5, 0.6) is 0 Å². The number of rotatable bonds is 6. The second kappa shape index (κ2) is 7.56. The van der Waals surface area contributed by atoms with Crippen molar-refractivity contribution in [2.45, 2.75) is 25.7 Å². The maximum atomic E-state index is 12.2. The van der Waals surface area contributed by atoms with Crippen molar-refractivity contribution in [1.82, 2.24) is 9.88 Å². The fourth-order valence-electron chi connectivity index (χ4n) is 2.09. The smallest absolute Gasteiger partial charge is 0.326 e. The summed E-state index contributed by atoms with van der Waals surface area (Å²) in [5.41, 5.74) is 3.98. The molecule has 0 bridgehead atoms. The van der Waals surface area contributed by atoms with E-state index in [9.17, 15) is 18.0 Å². The standard InChI is InChI=1S/C15H16F3N3OS/c1-21(8-13-9-23-10-19-13)7-11-3-2-4-12(5-11)20-14(22)6-15(16,17)18/h2-5,9-10H,6-8H2,1H3,(H,20,22). The first-order valence-corrected chi connectivity index (χ1v) is 7.77. The highest BCUT2D eigenvalue weighted by atomic mass is 32.1. The molecule has 0 aliphatic heterocycles. The SMILES string of the molecule is CN(Cc1cccc(NC(=O)CC(F)(F)F)c1)Cc1cscn1. The molecule has 0 saturated carbocycles. The molecule has 1 N–H and O–H groups in total. The molecule has 1 amide bonds. The molecular weight excluding hydrogens is 327 g/mol. The summed E-state index contributed by atoms with van der Waals surface area (Å²) in [6, 6.07) is 6.80. The van der Waals surface area contributed by atoms with E-state index in [1.807, 2.05) is 23.4 Å². The number of hydrogen-bond donors (Lipinski definition) is 1. The molecule has 8 heteroatoms. The number of thiazole rings is 1. The zero-order chi connectivity index (χ0) is 16.9. The molecule has 1 aromatic carbocycles. The minimum absolute atomic E-state index is 0.360. The number of hydrogen-bond acceptors (Lipinski definition) is 4. The number of alkyl halides is 3. The van der Waals surface area contributed by atoms with E-state index >= 15 is 0 Å². The van der Waals surface area contributed by atoms with Crippen molar-refractivity contribution >= 4 is 22.9 Å². The van der Waals surface area contributed by atoms with Crippen LogP contribution in [0.3, 0.4) is 0 Å². The molecule has 1 heterocycles. The molecule has 0 fully saturated rings. The van der Waals surface area contributed by atoms with E-state index < -0.39 is 18.5 Å². The zero-order valence-electron chi connectivity index (χ0n) is 12.4. The van der Waals surface area contributed by atoms with Crippen LogP contribution in [0.15, 0.2) is 35.2 Å². The number of anilines is 1. The Labute approximate surface area is 136 Å². The Morgan fingerprint density at radius 2 is 2.13 bits per heavy atom. The molecule has 0 aliphatic rings. The van der Waals surface area contributed by atoms with Gasteiger partial charge in [-0.1, -0.05) is 12.1 Å². The van der Waals surface area contributed by atoms with Crippen molar-refractivity contribution in [3.8, 4) is 0 Å². The molecule has 0 aliphatic carbocycles. The van der Waals surface area contributed by atoms with Crippen molar-refractivity contribution < 1.29 is 18.0 Å². The topological polar surface area (TPSA) is 45.2 Å². The van der Waals surface area contributed by atoms with E-state index in [0.29, 0.717) is 18.8 Å². The van der Waals surface area contributed by atoms with Crippen LogP contribution in [0.2, 0.25) is 0 Å². The van der Waals surface area contributed by atoms with Crippen LogP contribution in [0.1, 0.15) is 17.7 Å². The number of nitrogens with one attached hydrogen (secondary N) is 1. The van der Waals surface area contributed by atoms with Gasteiger partial charge in [0.1, 0.15) is 6.42 Å². The first kappa shape index (κ1) is 17.4. The van der Waals surface area contributed by atoms with Gasteiger partial charge in [0.15, 0.2) is 0 Å². The summed E-state index contributed by atoms with van der Waals surface area (Å²) in [7, 11) is 1.92. The molecule has 0 spiro atoms. The lowest BCUT2D eigenvalue weighted by Gasteiger charge is -2.16. The number of carbonyl (C=O) groups excluding carboxylic acids is 1. The van der Waals surface area contributed by atoms with Crippen molar-refractivity contribution in [2.24, 2.45) is 0 Å². The summed E-state index contributed by atoms with van der Waals surface area (Å²) in [5, 5.41) is 4.23. The number of amides is 1. The van der Waals surface area contributed by atoms with Gasteiger partial charge < -0.3 is 5.32 Å². The molecule has 1 aromatic heterocycles. The van der Waals surface area contributed by atoms with E-state index in [1.54, 1.807) is 23.7 Å². The van der Waals surface area contributed by atoms with Gasteiger partial charge in [0, 0.05) is 24.2 Å². The number of carbonyl (C=O) groups is 1. The maximum absolute atomic E-state index is 12.2. The zero-order valence-corrected chi connectivity index (χ0v) is 13.2. The third kappa shape index (κ3) is 6.37. The van der Waals surface area contributed by atoms with Gasteiger partial charge in [-0.25, -0.2) is 4.98 Å². The molecular formula is C15H16F3N3OS. The average molecular weight is 343 g/mol. The van der Waals surface area contributed by atoms with Crippen molar-refractivity contribution in [2.75, 3.05) is 12.4 Å². The van der Waals surface area contributed by atoms with Gasteiger partial charge in [-0.15, -0.1) is 11.3 Å². The number of aromatic nitrogens is 1. The van der Waals surface area contributed by atoms with Gasteiger partial charge in [-0.3, -0.25) is 9.69 Å². The van der Waals surface area contributed by atoms with Crippen LogP contribution in [-0.4, -0.2) is 29.0 Å². The maximum Gasteiger partial charge on any atom is 0.397 e. The Morgan fingerprint density at radius 1 is 1.35 bits per heavy atom. The van der Waals surface area contributed by atoms with Crippen LogP contribution >= 0.6 is 11.3 Å². The first-order valence-electron chi connectivity index (χ1n) is 6.83. The van der Waals surface area contributed by atoms with Crippen LogP contribution < -0.4 is 5.32 Å². The van der Waals surface area contributed by atoms with Crippen molar-refractivity contribution in [3.63, 3.8) is 0 Å². The van der Waals surface area contributed by atoms with Crippen molar-refractivity contribution in [3.05, 3.63) is 46.4 Å². The second-order valence-electron chi connectivity index (χ2n) is 5.19. The van der Waals surface area contributed by atoms with Gasteiger partial charge in [-0.05, 0) is 24.7 Å². The molecule has 2 rings (SSSR count). The van der Waals surface area contributed by atoms with Crippen LogP contribution in [0, 0.1) is 0 Å². The van der Waals surface area contributed by atoms with E-state index in [-0.39, 0.29) is 0 Å². The molecule has 2 aromatic rings. The normalized spacial score (nSPS) is 11.7. The lowest BCUT2D eigenvalue weighted by atomic mass is 10.2. The summed E-state index contributed by atoms with van der Waals surface area (Å²) in [6.07, 6.45) is -5.99. The summed E-state index contributed by atoms with van der Waals surface area (Å²) in [5.74, 6) is -1.06. The lowest BCUT2D eigenvalue weighted by Crippen LogP contribution is -2.21. The van der Waals surface area contributed by atoms with Gasteiger partial charge in [0.25, 0.3) is 0 Å². The third-order valence-corrected chi connectivity index (χ3v) is 3.57. The minimum atomic E-state index is -4.50. The summed E-state index contributed by atoms with van der Waals surface area (Å²) in [6.45, 7) is 1.27. The monoisotopic (exact) mass is 343 g/mol. The number of benzene rings is 1. The minimum Gasteiger partial charge on any atom is -0.326 e. The van der Waals surface area contributed by atoms with Crippen LogP contribution in [0.25, 0.3) is 0 Å². The van der Waals surface area contributed by atoms with E-state index in [4.69, 9.17) is 0 Å². The van der Waals surface area contributed by atoms with Crippen LogP contribution in [0.4, 0.5) is 18.9 Å². The second-order valence-corrected chi connectivity index (χ2v) is 5.91. The Balaban J connectivity index is 1.92.